The summed E-state index contributed by atoms with van der Waals surface area (Å²) in [5, 5.41) is 0. The lowest BCUT2D eigenvalue weighted by atomic mass is 9.87. The number of rotatable bonds is 7. The Morgan fingerprint density at radius 3 is 2.17 bits per heavy atom. The Balaban J connectivity index is 2.06. The summed E-state index contributed by atoms with van der Waals surface area (Å²) in [5.41, 5.74) is 11.3. The fraction of sp³-hybridized carbons (Fsp3) is 0.400. The normalized spacial score (nSPS) is 12.0. The van der Waals surface area contributed by atoms with E-state index in [1.54, 1.807) is 7.11 Å². The number of hydrogen-bond acceptors (Lipinski definition) is 3. The minimum atomic E-state index is 0.310. The maximum absolute atomic E-state index is 6.04. The van der Waals surface area contributed by atoms with E-state index >= 15 is 0 Å². The molecule has 0 aromatic heterocycles. The van der Waals surface area contributed by atoms with Gasteiger partial charge in [0.05, 0.1) is 13.7 Å². The van der Waals surface area contributed by atoms with Crippen LogP contribution in [0.15, 0.2) is 36.4 Å². The zero-order valence-electron chi connectivity index (χ0n) is 14.6. The van der Waals surface area contributed by atoms with Gasteiger partial charge >= 0.3 is 0 Å². The van der Waals surface area contributed by atoms with Crippen LogP contribution in [0.4, 0.5) is 0 Å². The summed E-state index contributed by atoms with van der Waals surface area (Å²) in [6, 6.07) is 12.2. The first-order valence-electron chi connectivity index (χ1n) is 8.10. The fourth-order valence-corrected chi connectivity index (χ4v) is 3.26. The first kappa shape index (κ1) is 17.4. The van der Waals surface area contributed by atoms with Crippen molar-refractivity contribution in [2.75, 3.05) is 20.3 Å². The Morgan fingerprint density at radius 1 is 1.00 bits per heavy atom. The average Bonchev–Trinajstić information content (AvgIpc) is 2.52. The summed E-state index contributed by atoms with van der Waals surface area (Å²) in [6.07, 6.45) is 0.888. The first-order valence-corrected chi connectivity index (χ1v) is 8.10. The molecule has 0 spiro atoms. The van der Waals surface area contributed by atoms with Gasteiger partial charge in [-0.15, -0.1) is 0 Å². The van der Waals surface area contributed by atoms with Crippen molar-refractivity contribution < 1.29 is 9.47 Å². The van der Waals surface area contributed by atoms with Crippen LogP contribution in [0.3, 0.4) is 0 Å². The van der Waals surface area contributed by atoms with Crippen molar-refractivity contribution in [2.24, 2.45) is 5.73 Å². The second-order valence-electron chi connectivity index (χ2n) is 6.03. The third kappa shape index (κ3) is 4.26. The predicted molar refractivity (Wildman–Crippen MR) is 95.6 cm³/mol. The molecular formula is C20H27NO2. The molecular weight excluding hydrogens is 286 g/mol. The number of hydrogen-bond donors (Lipinski definition) is 1. The second-order valence-corrected chi connectivity index (χ2v) is 6.03. The minimum Gasteiger partial charge on any atom is -0.493 e. The van der Waals surface area contributed by atoms with Crippen molar-refractivity contribution in [3.63, 3.8) is 0 Å². The van der Waals surface area contributed by atoms with Crippen LogP contribution in [0.2, 0.25) is 0 Å². The zero-order chi connectivity index (χ0) is 16.8. The third-order valence-corrected chi connectivity index (χ3v) is 4.22. The van der Waals surface area contributed by atoms with Crippen LogP contribution >= 0.6 is 0 Å². The van der Waals surface area contributed by atoms with E-state index in [1.807, 2.05) is 24.3 Å². The largest absolute Gasteiger partial charge is 0.493 e. The Bertz CT molecular complexity index is 629. The van der Waals surface area contributed by atoms with Gasteiger partial charge in [-0.2, -0.15) is 0 Å². The van der Waals surface area contributed by atoms with E-state index in [0.717, 1.165) is 17.9 Å². The topological polar surface area (TPSA) is 44.5 Å². The molecule has 3 nitrogen and oxygen atoms in total. The van der Waals surface area contributed by atoms with Gasteiger partial charge in [-0.3, -0.25) is 0 Å². The molecule has 0 aliphatic rings. The number of para-hydroxylation sites is 2. The molecule has 3 heteroatoms. The van der Waals surface area contributed by atoms with Gasteiger partial charge in [0.1, 0.15) is 0 Å². The van der Waals surface area contributed by atoms with Gasteiger partial charge in [-0.05, 0) is 68.5 Å². The van der Waals surface area contributed by atoms with Gasteiger partial charge in [0, 0.05) is 0 Å². The molecule has 0 fully saturated rings. The Kier molecular flexibility index (Phi) is 6.05. The molecule has 0 heterocycles. The Hall–Kier alpha value is -2.00. The summed E-state index contributed by atoms with van der Waals surface area (Å²) < 4.78 is 11.2. The van der Waals surface area contributed by atoms with E-state index in [1.165, 1.54) is 22.3 Å². The SMILES string of the molecule is COc1ccccc1OCCC(CN)c1c(C)cc(C)cc1C. The van der Waals surface area contributed by atoms with Crippen LogP contribution in [0.25, 0.3) is 0 Å². The molecule has 0 amide bonds. The molecule has 23 heavy (non-hydrogen) atoms. The molecule has 2 aromatic carbocycles. The van der Waals surface area contributed by atoms with Gasteiger partial charge in [0.2, 0.25) is 0 Å². The van der Waals surface area contributed by atoms with Crippen molar-refractivity contribution in [1.82, 2.24) is 0 Å². The van der Waals surface area contributed by atoms with Gasteiger partial charge in [-0.25, -0.2) is 0 Å². The summed E-state index contributed by atoms with van der Waals surface area (Å²) in [5.74, 6) is 1.85. The Labute approximate surface area is 139 Å². The van der Waals surface area contributed by atoms with Crippen molar-refractivity contribution >= 4 is 0 Å². The summed E-state index contributed by atoms with van der Waals surface area (Å²) in [6.45, 7) is 7.71. The van der Waals surface area contributed by atoms with Gasteiger partial charge < -0.3 is 15.2 Å². The van der Waals surface area contributed by atoms with Crippen LogP contribution in [0.5, 0.6) is 11.5 Å². The van der Waals surface area contributed by atoms with Gasteiger partial charge in [0.25, 0.3) is 0 Å². The first-order chi connectivity index (χ1) is 11.1. The van der Waals surface area contributed by atoms with Crippen molar-refractivity contribution in [3.05, 3.63) is 58.7 Å². The predicted octanol–water partition coefficient (Wildman–Crippen LogP) is 4.13. The molecule has 1 unspecified atom stereocenters. The van der Waals surface area contributed by atoms with E-state index in [-0.39, 0.29) is 0 Å². The highest BCUT2D eigenvalue weighted by Gasteiger charge is 2.16. The fourth-order valence-electron chi connectivity index (χ4n) is 3.26. The molecule has 0 radical (unpaired) electrons. The third-order valence-electron chi connectivity index (χ3n) is 4.22. The molecule has 0 bridgehead atoms. The smallest absolute Gasteiger partial charge is 0.161 e. The second kappa shape index (κ2) is 8.02. The maximum atomic E-state index is 6.04. The highest BCUT2D eigenvalue weighted by atomic mass is 16.5. The monoisotopic (exact) mass is 313 g/mol. The van der Waals surface area contributed by atoms with Gasteiger partial charge in [-0.1, -0.05) is 29.8 Å². The lowest BCUT2D eigenvalue weighted by Gasteiger charge is -2.21. The van der Waals surface area contributed by atoms with Crippen LogP contribution < -0.4 is 15.2 Å². The number of aryl methyl sites for hydroxylation is 3. The van der Waals surface area contributed by atoms with E-state index < -0.39 is 0 Å². The van der Waals surface area contributed by atoms with Crippen molar-refractivity contribution in [2.45, 2.75) is 33.1 Å². The highest BCUT2D eigenvalue weighted by molar-refractivity contribution is 5.41. The van der Waals surface area contributed by atoms with Crippen LogP contribution in [0.1, 0.15) is 34.6 Å². The molecule has 0 saturated heterocycles. The molecule has 2 N–H and O–H groups in total. The Morgan fingerprint density at radius 2 is 1.61 bits per heavy atom. The van der Waals surface area contributed by atoms with E-state index in [9.17, 15) is 0 Å². The van der Waals surface area contributed by atoms with E-state index in [2.05, 4.69) is 32.9 Å². The number of nitrogens with two attached hydrogens (primary N) is 1. The lowest BCUT2D eigenvalue weighted by Crippen LogP contribution is -2.18. The summed E-state index contributed by atoms with van der Waals surface area (Å²) in [4.78, 5) is 0. The molecule has 1 atom stereocenters. The quantitative estimate of drug-likeness (QED) is 0.836. The van der Waals surface area contributed by atoms with Crippen molar-refractivity contribution in [3.8, 4) is 11.5 Å². The lowest BCUT2D eigenvalue weighted by molar-refractivity contribution is 0.280. The van der Waals surface area contributed by atoms with Gasteiger partial charge in [0.15, 0.2) is 11.5 Å². The minimum absolute atomic E-state index is 0.310. The standard InChI is InChI=1S/C20H27NO2/c1-14-11-15(2)20(16(3)12-14)17(13-21)9-10-23-19-8-6-5-7-18(19)22-4/h5-8,11-12,17H,9-10,13,21H2,1-4H3. The van der Waals surface area contributed by atoms with E-state index in [0.29, 0.717) is 19.1 Å². The van der Waals surface area contributed by atoms with Crippen LogP contribution in [-0.4, -0.2) is 20.3 Å². The average molecular weight is 313 g/mol. The van der Waals surface area contributed by atoms with Crippen molar-refractivity contribution in [1.29, 1.82) is 0 Å². The number of methoxy groups -OCH3 is 1. The van der Waals surface area contributed by atoms with Crippen LogP contribution in [-0.2, 0) is 0 Å². The molecule has 2 rings (SSSR count). The number of ether oxygens (including phenoxy) is 2. The van der Waals surface area contributed by atoms with E-state index in [4.69, 9.17) is 15.2 Å². The molecule has 2 aromatic rings. The summed E-state index contributed by atoms with van der Waals surface area (Å²) in [7, 11) is 1.66. The molecule has 0 saturated carbocycles. The molecule has 124 valence electrons. The zero-order valence-corrected chi connectivity index (χ0v) is 14.6. The molecule has 0 aliphatic heterocycles. The maximum Gasteiger partial charge on any atom is 0.161 e. The van der Waals surface area contributed by atoms with Crippen LogP contribution in [0, 0.1) is 20.8 Å². The highest BCUT2D eigenvalue weighted by Crippen LogP contribution is 2.29. The molecule has 0 aliphatic carbocycles. The number of benzene rings is 2. The summed E-state index contributed by atoms with van der Waals surface area (Å²) >= 11 is 0.